The summed E-state index contributed by atoms with van der Waals surface area (Å²) in [6.07, 6.45) is 0.128. The average Bonchev–Trinajstić information content (AvgIpc) is 2.62. The summed E-state index contributed by atoms with van der Waals surface area (Å²) < 4.78 is 11.2. The van der Waals surface area contributed by atoms with Crippen molar-refractivity contribution in [2.75, 3.05) is 5.73 Å². The molecule has 0 saturated heterocycles. The van der Waals surface area contributed by atoms with E-state index in [-0.39, 0.29) is 6.10 Å². The van der Waals surface area contributed by atoms with Crippen LogP contribution in [0.3, 0.4) is 0 Å². The van der Waals surface area contributed by atoms with E-state index in [9.17, 15) is 0 Å². The maximum atomic E-state index is 5.86. The van der Waals surface area contributed by atoms with Crippen LogP contribution < -0.4 is 10.5 Å². The molecule has 0 atom stereocenters. The average molecular weight is 231 g/mol. The van der Waals surface area contributed by atoms with Crippen LogP contribution in [0.15, 0.2) is 34.7 Å². The molecule has 0 radical (unpaired) electrons. The summed E-state index contributed by atoms with van der Waals surface area (Å²) >= 11 is 0. The van der Waals surface area contributed by atoms with Gasteiger partial charge in [-0.3, -0.25) is 0 Å². The lowest BCUT2D eigenvalue weighted by atomic mass is 10.1. The zero-order valence-electron chi connectivity index (χ0n) is 10.4. The van der Waals surface area contributed by atoms with Crippen LogP contribution in [-0.2, 0) is 0 Å². The van der Waals surface area contributed by atoms with E-state index >= 15 is 0 Å². The highest BCUT2D eigenvalue weighted by atomic mass is 16.5. The first-order valence-electron chi connectivity index (χ1n) is 5.68. The van der Waals surface area contributed by atoms with Crippen molar-refractivity contribution < 1.29 is 9.15 Å². The predicted octanol–water partition coefficient (Wildman–Crippen LogP) is 3.62. The molecule has 3 heteroatoms. The molecule has 17 heavy (non-hydrogen) atoms. The summed E-state index contributed by atoms with van der Waals surface area (Å²) in [5.74, 6) is 2.46. The van der Waals surface area contributed by atoms with E-state index in [2.05, 4.69) is 0 Å². The molecule has 1 heterocycles. The first-order chi connectivity index (χ1) is 8.04. The zero-order valence-corrected chi connectivity index (χ0v) is 10.4. The van der Waals surface area contributed by atoms with Crippen molar-refractivity contribution >= 4 is 5.69 Å². The predicted molar refractivity (Wildman–Crippen MR) is 69.1 cm³/mol. The monoisotopic (exact) mass is 231 g/mol. The van der Waals surface area contributed by atoms with Crippen molar-refractivity contribution in [3.05, 3.63) is 36.1 Å². The Labute approximate surface area is 101 Å². The van der Waals surface area contributed by atoms with Crippen molar-refractivity contribution in [3.8, 4) is 17.1 Å². The lowest BCUT2D eigenvalue weighted by molar-refractivity contribution is 0.242. The number of aryl methyl sites for hydroxylation is 1. The lowest BCUT2D eigenvalue weighted by Crippen LogP contribution is -2.05. The number of ether oxygens (including phenoxy) is 1. The highest BCUT2D eigenvalue weighted by Crippen LogP contribution is 2.29. The summed E-state index contributed by atoms with van der Waals surface area (Å²) in [5.41, 5.74) is 7.47. The van der Waals surface area contributed by atoms with Crippen LogP contribution in [0.5, 0.6) is 5.75 Å². The van der Waals surface area contributed by atoms with Gasteiger partial charge in [-0.15, -0.1) is 0 Å². The van der Waals surface area contributed by atoms with Gasteiger partial charge in [0, 0.05) is 17.3 Å². The normalized spacial score (nSPS) is 10.8. The van der Waals surface area contributed by atoms with E-state index in [4.69, 9.17) is 14.9 Å². The van der Waals surface area contributed by atoms with Gasteiger partial charge in [0.25, 0.3) is 0 Å². The maximum Gasteiger partial charge on any atom is 0.134 e. The largest absolute Gasteiger partial charge is 0.491 e. The van der Waals surface area contributed by atoms with Gasteiger partial charge in [-0.2, -0.15) is 0 Å². The minimum atomic E-state index is 0.128. The number of benzene rings is 1. The van der Waals surface area contributed by atoms with Gasteiger partial charge in [-0.1, -0.05) is 0 Å². The smallest absolute Gasteiger partial charge is 0.134 e. The molecule has 0 fully saturated rings. The summed E-state index contributed by atoms with van der Waals surface area (Å²) in [4.78, 5) is 0. The second-order valence-corrected chi connectivity index (χ2v) is 4.37. The van der Waals surface area contributed by atoms with Gasteiger partial charge in [0.05, 0.1) is 6.10 Å². The molecule has 2 N–H and O–H groups in total. The molecule has 0 unspecified atom stereocenters. The summed E-state index contributed by atoms with van der Waals surface area (Å²) in [6.45, 7) is 5.89. The second kappa shape index (κ2) is 4.53. The minimum absolute atomic E-state index is 0.128. The standard InChI is InChI=1S/C14H17NO2/c1-9(2)16-13-7-11(6-12(15)8-13)14-5-4-10(3)17-14/h4-9H,15H2,1-3H3. The van der Waals surface area contributed by atoms with E-state index in [0.717, 1.165) is 22.8 Å². The van der Waals surface area contributed by atoms with E-state index in [1.165, 1.54) is 0 Å². The fraction of sp³-hybridized carbons (Fsp3) is 0.286. The minimum Gasteiger partial charge on any atom is -0.491 e. The van der Waals surface area contributed by atoms with Gasteiger partial charge in [-0.25, -0.2) is 0 Å². The lowest BCUT2D eigenvalue weighted by Gasteiger charge is -2.11. The number of nitrogens with two attached hydrogens (primary N) is 1. The first kappa shape index (κ1) is 11.6. The van der Waals surface area contributed by atoms with E-state index in [1.807, 2.05) is 51.1 Å². The Morgan fingerprint density at radius 1 is 1.18 bits per heavy atom. The van der Waals surface area contributed by atoms with Gasteiger partial charge >= 0.3 is 0 Å². The molecule has 0 aliphatic carbocycles. The number of hydrogen-bond donors (Lipinski definition) is 1. The molecule has 1 aromatic heterocycles. The molecule has 2 aromatic rings. The van der Waals surface area contributed by atoms with E-state index in [1.54, 1.807) is 0 Å². The van der Waals surface area contributed by atoms with Crippen LogP contribution >= 0.6 is 0 Å². The highest BCUT2D eigenvalue weighted by Gasteiger charge is 2.07. The van der Waals surface area contributed by atoms with Gasteiger partial charge in [0.2, 0.25) is 0 Å². The molecular formula is C14H17NO2. The molecule has 3 nitrogen and oxygen atoms in total. The molecule has 0 spiro atoms. The number of hydrogen-bond acceptors (Lipinski definition) is 3. The first-order valence-corrected chi connectivity index (χ1v) is 5.68. The maximum absolute atomic E-state index is 5.86. The molecule has 0 aliphatic heterocycles. The third-order valence-electron chi connectivity index (χ3n) is 2.33. The van der Waals surface area contributed by atoms with Crippen molar-refractivity contribution in [2.45, 2.75) is 26.9 Å². The Kier molecular flexibility index (Phi) is 3.09. The fourth-order valence-corrected chi connectivity index (χ4v) is 1.69. The summed E-state index contributed by atoms with van der Waals surface area (Å²) in [5, 5.41) is 0. The molecule has 0 amide bonds. The van der Waals surface area contributed by atoms with Crippen LogP contribution in [-0.4, -0.2) is 6.10 Å². The summed E-state index contributed by atoms with van der Waals surface area (Å²) in [6, 6.07) is 9.50. The van der Waals surface area contributed by atoms with Gasteiger partial charge < -0.3 is 14.9 Å². The van der Waals surface area contributed by atoms with Crippen LogP contribution in [0.4, 0.5) is 5.69 Å². The Morgan fingerprint density at radius 2 is 1.94 bits per heavy atom. The fourth-order valence-electron chi connectivity index (χ4n) is 1.69. The molecule has 0 aliphatic rings. The molecule has 2 rings (SSSR count). The topological polar surface area (TPSA) is 48.4 Å². The Hall–Kier alpha value is -1.90. The number of rotatable bonds is 3. The molecule has 0 bridgehead atoms. The molecule has 0 saturated carbocycles. The Morgan fingerprint density at radius 3 is 2.53 bits per heavy atom. The van der Waals surface area contributed by atoms with Crippen molar-refractivity contribution in [3.63, 3.8) is 0 Å². The quantitative estimate of drug-likeness (QED) is 0.821. The van der Waals surface area contributed by atoms with Gasteiger partial charge in [0.1, 0.15) is 17.3 Å². The number of furan rings is 1. The molecule has 1 aromatic carbocycles. The van der Waals surface area contributed by atoms with E-state index < -0.39 is 0 Å². The van der Waals surface area contributed by atoms with Crippen LogP contribution in [0.2, 0.25) is 0 Å². The van der Waals surface area contributed by atoms with Gasteiger partial charge in [0.15, 0.2) is 0 Å². The van der Waals surface area contributed by atoms with Gasteiger partial charge in [-0.05, 0) is 45.0 Å². The number of anilines is 1. The summed E-state index contributed by atoms with van der Waals surface area (Å²) in [7, 11) is 0. The number of nitrogen functional groups attached to an aromatic ring is 1. The molecule has 90 valence electrons. The van der Waals surface area contributed by atoms with Crippen molar-refractivity contribution in [1.82, 2.24) is 0 Å². The third-order valence-corrected chi connectivity index (χ3v) is 2.33. The van der Waals surface area contributed by atoms with Crippen molar-refractivity contribution in [2.24, 2.45) is 0 Å². The Balaban J connectivity index is 2.37. The molecular weight excluding hydrogens is 214 g/mol. The highest BCUT2D eigenvalue weighted by molar-refractivity contribution is 5.66. The van der Waals surface area contributed by atoms with Crippen LogP contribution in [0, 0.1) is 6.92 Å². The van der Waals surface area contributed by atoms with Crippen molar-refractivity contribution in [1.29, 1.82) is 0 Å². The second-order valence-electron chi connectivity index (χ2n) is 4.37. The van der Waals surface area contributed by atoms with Crippen LogP contribution in [0.25, 0.3) is 11.3 Å². The third kappa shape index (κ3) is 2.81. The SMILES string of the molecule is Cc1ccc(-c2cc(N)cc(OC(C)C)c2)o1. The Bertz CT molecular complexity index is 515. The van der Waals surface area contributed by atoms with E-state index in [0.29, 0.717) is 5.69 Å². The zero-order chi connectivity index (χ0) is 12.4. The van der Waals surface area contributed by atoms with Crippen LogP contribution in [0.1, 0.15) is 19.6 Å².